The Bertz CT molecular complexity index is 473. The Morgan fingerprint density at radius 2 is 2.05 bits per heavy atom. The summed E-state index contributed by atoms with van der Waals surface area (Å²) in [5.74, 6) is 0.491. The summed E-state index contributed by atoms with van der Waals surface area (Å²) >= 11 is 12.2. The number of halogens is 2. The van der Waals surface area contributed by atoms with Gasteiger partial charge in [-0.05, 0) is 24.0 Å². The molecule has 0 bridgehead atoms. The number of amides is 1. The smallest absolute Gasteiger partial charge is 0.222 e. The molecule has 2 rings (SSSR count). The molecule has 1 aliphatic rings. The van der Waals surface area contributed by atoms with Gasteiger partial charge in [-0.25, -0.2) is 0 Å². The molecule has 0 saturated carbocycles. The van der Waals surface area contributed by atoms with Crippen LogP contribution in [0.15, 0.2) is 18.2 Å². The van der Waals surface area contributed by atoms with E-state index in [9.17, 15) is 4.79 Å². The fourth-order valence-corrected chi connectivity index (χ4v) is 2.89. The van der Waals surface area contributed by atoms with Gasteiger partial charge in [0.1, 0.15) is 0 Å². The number of benzene rings is 1. The molecule has 0 radical (unpaired) electrons. The zero-order valence-electron chi connectivity index (χ0n) is 11.7. The molecule has 1 fully saturated rings. The molecule has 110 valence electrons. The van der Waals surface area contributed by atoms with Gasteiger partial charge in [0.2, 0.25) is 5.91 Å². The highest BCUT2D eigenvalue weighted by atomic mass is 35.5. The highest BCUT2D eigenvalue weighted by molar-refractivity contribution is 6.42. The van der Waals surface area contributed by atoms with E-state index in [0.717, 1.165) is 38.2 Å². The molecule has 0 aliphatic carbocycles. The number of nitrogens with zero attached hydrogens (tertiary/aromatic N) is 1. The normalized spacial score (nSPS) is 17.1. The monoisotopic (exact) mass is 314 g/mol. The summed E-state index contributed by atoms with van der Waals surface area (Å²) in [4.78, 5) is 14.1. The van der Waals surface area contributed by atoms with Gasteiger partial charge in [-0.15, -0.1) is 0 Å². The van der Waals surface area contributed by atoms with E-state index >= 15 is 0 Å². The van der Waals surface area contributed by atoms with Crippen LogP contribution in [-0.2, 0) is 11.2 Å². The molecule has 1 amide bonds. The van der Waals surface area contributed by atoms with Gasteiger partial charge in [0.05, 0.1) is 10.0 Å². The maximum atomic E-state index is 12.2. The van der Waals surface area contributed by atoms with Crippen molar-refractivity contribution in [3.8, 4) is 0 Å². The summed E-state index contributed by atoms with van der Waals surface area (Å²) in [5.41, 5.74) is 1.01. The predicted octanol–water partition coefficient (Wildman–Crippen LogP) is 2.99. The number of rotatable bonds is 4. The first kappa shape index (κ1) is 15.6. The molecule has 1 unspecified atom stereocenters. The zero-order chi connectivity index (χ0) is 14.5. The number of piperazine rings is 1. The van der Waals surface area contributed by atoms with Crippen molar-refractivity contribution in [2.24, 2.45) is 5.92 Å². The van der Waals surface area contributed by atoms with Crippen LogP contribution < -0.4 is 5.32 Å². The summed E-state index contributed by atoms with van der Waals surface area (Å²) in [6.45, 7) is 5.48. The summed E-state index contributed by atoms with van der Waals surface area (Å²) in [7, 11) is 0. The lowest BCUT2D eigenvalue weighted by Gasteiger charge is -2.28. The van der Waals surface area contributed by atoms with Gasteiger partial charge in [0.15, 0.2) is 0 Å². The minimum Gasteiger partial charge on any atom is -0.340 e. The molecule has 0 aromatic heterocycles. The fourth-order valence-electron chi connectivity index (χ4n) is 2.50. The van der Waals surface area contributed by atoms with Crippen molar-refractivity contribution < 1.29 is 4.79 Å². The van der Waals surface area contributed by atoms with Crippen molar-refractivity contribution in [1.29, 1.82) is 0 Å². The van der Waals surface area contributed by atoms with Crippen molar-refractivity contribution in [1.82, 2.24) is 10.2 Å². The van der Waals surface area contributed by atoms with E-state index in [4.69, 9.17) is 23.2 Å². The van der Waals surface area contributed by atoms with Crippen LogP contribution in [0.3, 0.4) is 0 Å². The summed E-state index contributed by atoms with van der Waals surface area (Å²) in [6, 6.07) is 5.65. The Kier molecular flexibility index (Phi) is 5.70. The first-order valence-corrected chi connectivity index (χ1v) is 7.75. The van der Waals surface area contributed by atoms with Gasteiger partial charge in [-0.3, -0.25) is 4.79 Å². The van der Waals surface area contributed by atoms with Gasteiger partial charge in [0.25, 0.3) is 0 Å². The van der Waals surface area contributed by atoms with Crippen molar-refractivity contribution >= 4 is 29.1 Å². The quantitative estimate of drug-likeness (QED) is 0.926. The molecule has 3 nitrogen and oxygen atoms in total. The van der Waals surface area contributed by atoms with Crippen molar-refractivity contribution in [3.63, 3.8) is 0 Å². The van der Waals surface area contributed by atoms with E-state index < -0.39 is 0 Å². The second-order valence-corrected chi connectivity index (χ2v) is 6.14. The van der Waals surface area contributed by atoms with Crippen LogP contribution >= 0.6 is 23.2 Å². The van der Waals surface area contributed by atoms with Crippen LogP contribution in [0, 0.1) is 5.92 Å². The maximum Gasteiger partial charge on any atom is 0.222 e. The zero-order valence-corrected chi connectivity index (χ0v) is 13.2. The molecule has 5 heteroatoms. The first-order chi connectivity index (χ1) is 9.58. The minimum absolute atomic E-state index is 0.233. The van der Waals surface area contributed by atoms with Crippen LogP contribution in [0.25, 0.3) is 0 Å². The molecule has 1 atom stereocenters. The predicted molar refractivity (Wildman–Crippen MR) is 83.4 cm³/mol. The molecule has 1 heterocycles. The van der Waals surface area contributed by atoms with Crippen molar-refractivity contribution in [2.75, 3.05) is 26.2 Å². The van der Waals surface area contributed by atoms with Gasteiger partial charge in [-0.2, -0.15) is 0 Å². The molecule has 1 aliphatic heterocycles. The average molecular weight is 315 g/mol. The van der Waals surface area contributed by atoms with Gasteiger partial charge >= 0.3 is 0 Å². The lowest BCUT2D eigenvalue weighted by Crippen LogP contribution is -2.46. The van der Waals surface area contributed by atoms with Gasteiger partial charge < -0.3 is 10.2 Å². The van der Waals surface area contributed by atoms with E-state index in [1.807, 2.05) is 17.0 Å². The van der Waals surface area contributed by atoms with Crippen LogP contribution in [0.4, 0.5) is 0 Å². The number of hydrogen-bond donors (Lipinski definition) is 1. The highest BCUT2D eigenvalue weighted by Gasteiger charge is 2.19. The molecule has 1 aromatic carbocycles. The SMILES string of the molecule is CC(CC(=O)N1CCNCC1)Cc1cccc(Cl)c1Cl. The molecule has 1 saturated heterocycles. The Morgan fingerprint density at radius 1 is 1.35 bits per heavy atom. The maximum absolute atomic E-state index is 12.2. The van der Waals surface area contributed by atoms with Crippen LogP contribution in [-0.4, -0.2) is 37.0 Å². The number of nitrogens with one attached hydrogen (secondary N) is 1. The number of carbonyl (C=O) groups excluding carboxylic acids is 1. The highest BCUT2D eigenvalue weighted by Crippen LogP contribution is 2.28. The Labute approximate surface area is 130 Å². The van der Waals surface area contributed by atoms with Crippen molar-refractivity contribution in [2.45, 2.75) is 19.8 Å². The fraction of sp³-hybridized carbons (Fsp3) is 0.533. The first-order valence-electron chi connectivity index (χ1n) is 6.99. The lowest BCUT2D eigenvalue weighted by molar-refractivity contribution is -0.132. The van der Waals surface area contributed by atoms with Crippen LogP contribution in [0.5, 0.6) is 0 Å². The van der Waals surface area contributed by atoms with E-state index in [-0.39, 0.29) is 11.8 Å². The molecular weight excluding hydrogens is 295 g/mol. The Morgan fingerprint density at radius 3 is 2.75 bits per heavy atom. The average Bonchev–Trinajstić information content (AvgIpc) is 2.45. The van der Waals surface area contributed by atoms with E-state index in [2.05, 4.69) is 12.2 Å². The van der Waals surface area contributed by atoms with E-state index in [1.54, 1.807) is 6.07 Å². The van der Waals surface area contributed by atoms with Crippen molar-refractivity contribution in [3.05, 3.63) is 33.8 Å². The Balaban J connectivity index is 1.90. The summed E-state index contributed by atoms with van der Waals surface area (Å²) < 4.78 is 0. The topological polar surface area (TPSA) is 32.3 Å². The standard InChI is InChI=1S/C15H20Cl2N2O/c1-11(9-12-3-2-4-13(16)15(12)17)10-14(20)19-7-5-18-6-8-19/h2-4,11,18H,5-10H2,1H3. The number of carbonyl (C=O) groups is 1. The lowest BCUT2D eigenvalue weighted by atomic mass is 9.97. The molecule has 1 aromatic rings. The van der Waals surface area contributed by atoms with Crippen LogP contribution in [0.1, 0.15) is 18.9 Å². The van der Waals surface area contributed by atoms with E-state index in [1.165, 1.54) is 0 Å². The van der Waals surface area contributed by atoms with Gasteiger partial charge in [0, 0.05) is 32.6 Å². The molecule has 20 heavy (non-hydrogen) atoms. The van der Waals surface area contributed by atoms with E-state index in [0.29, 0.717) is 16.5 Å². The van der Waals surface area contributed by atoms with Crippen LogP contribution in [0.2, 0.25) is 10.0 Å². The Hall–Kier alpha value is -0.770. The minimum atomic E-state index is 0.233. The second kappa shape index (κ2) is 7.30. The number of hydrogen-bond acceptors (Lipinski definition) is 2. The second-order valence-electron chi connectivity index (χ2n) is 5.36. The third-order valence-electron chi connectivity index (χ3n) is 3.59. The molecule has 0 spiro atoms. The van der Waals surface area contributed by atoms with Gasteiger partial charge in [-0.1, -0.05) is 42.3 Å². The summed E-state index contributed by atoms with van der Waals surface area (Å²) in [5, 5.41) is 4.43. The summed E-state index contributed by atoms with van der Waals surface area (Å²) in [6.07, 6.45) is 1.33. The largest absolute Gasteiger partial charge is 0.340 e. The molecular formula is C15H20Cl2N2O. The molecule has 1 N–H and O–H groups in total. The third kappa shape index (κ3) is 4.11. The third-order valence-corrected chi connectivity index (χ3v) is 4.45.